The number of carbonyl (C=O) groups is 1. The first kappa shape index (κ1) is 11.4. The van der Waals surface area contributed by atoms with Gasteiger partial charge in [0.2, 0.25) is 0 Å². The Balaban J connectivity index is 3.27. The molecule has 0 heterocycles. The van der Waals surface area contributed by atoms with Crippen LogP contribution >= 0.6 is 0 Å². The molecule has 1 aromatic carbocycles. The highest BCUT2D eigenvalue weighted by molar-refractivity contribution is 5.91. The summed E-state index contributed by atoms with van der Waals surface area (Å²) in [5.41, 5.74) is 0.826. The van der Waals surface area contributed by atoms with Gasteiger partial charge in [-0.1, -0.05) is 6.07 Å². The average molecular weight is 216 g/mol. The molecular weight excluding hydrogens is 206 g/mol. The third-order valence-electron chi connectivity index (χ3n) is 1.86. The standard InChI is InChI=1S/C10H10F2O3/c1-5-3-6(2)8(15-10(11)12)7(4-5)9(13)14/h3-4,10H,1-2H3,(H,13,14). The lowest BCUT2D eigenvalue weighted by Gasteiger charge is -2.11. The van der Waals surface area contributed by atoms with Gasteiger partial charge in [-0.3, -0.25) is 0 Å². The quantitative estimate of drug-likeness (QED) is 0.844. The van der Waals surface area contributed by atoms with Gasteiger partial charge in [-0.05, 0) is 31.0 Å². The lowest BCUT2D eigenvalue weighted by Crippen LogP contribution is -2.09. The number of carboxylic acids is 1. The van der Waals surface area contributed by atoms with Crippen molar-refractivity contribution in [2.24, 2.45) is 0 Å². The van der Waals surface area contributed by atoms with E-state index in [4.69, 9.17) is 5.11 Å². The molecule has 0 aliphatic carbocycles. The minimum Gasteiger partial charge on any atom is -0.478 e. The fourth-order valence-electron chi connectivity index (χ4n) is 1.36. The highest BCUT2D eigenvalue weighted by atomic mass is 19.3. The minimum atomic E-state index is -3.02. The van der Waals surface area contributed by atoms with Crippen LogP contribution in [0, 0.1) is 13.8 Å². The first-order chi connectivity index (χ1) is 6.91. The molecule has 0 saturated heterocycles. The van der Waals surface area contributed by atoms with E-state index in [0.29, 0.717) is 11.1 Å². The number of benzene rings is 1. The van der Waals surface area contributed by atoms with E-state index in [1.807, 2.05) is 0 Å². The van der Waals surface area contributed by atoms with Crippen molar-refractivity contribution in [1.29, 1.82) is 0 Å². The van der Waals surface area contributed by atoms with Crippen LogP contribution in [0.2, 0.25) is 0 Å². The highest BCUT2D eigenvalue weighted by Crippen LogP contribution is 2.26. The SMILES string of the molecule is Cc1cc(C)c(OC(F)F)c(C(=O)O)c1. The summed E-state index contributed by atoms with van der Waals surface area (Å²) in [6.07, 6.45) is 0. The Bertz CT molecular complexity index is 388. The van der Waals surface area contributed by atoms with Gasteiger partial charge in [0, 0.05) is 0 Å². The molecule has 0 aromatic heterocycles. The lowest BCUT2D eigenvalue weighted by atomic mass is 10.1. The van der Waals surface area contributed by atoms with Crippen LogP contribution in [0.15, 0.2) is 12.1 Å². The summed E-state index contributed by atoms with van der Waals surface area (Å²) in [5.74, 6) is -1.56. The van der Waals surface area contributed by atoms with E-state index < -0.39 is 12.6 Å². The molecular formula is C10H10F2O3. The van der Waals surface area contributed by atoms with Gasteiger partial charge < -0.3 is 9.84 Å². The van der Waals surface area contributed by atoms with Gasteiger partial charge in [0.1, 0.15) is 11.3 Å². The molecule has 15 heavy (non-hydrogen) atoms. The van der Waals surface area contributed by atoms with Crippen molar-refractivity contribution in [1.82, 2.24) is 0 Å². The summed E-state index contributed by atoms with van der Waals surface area (Å²) >= 11 is 0. The summed E-state index contributed by atoms with van der Waals surface area (Å²) in [7, 11) is 0. The van der Waals surface area contributed by atoms with E-state index in [9.17, 15) is 13.6 Å². The number of ether oxygens (including phenoxy) is 1. The lowest BCUT2D eigenvalue weighted by molar-refractivity contribution is -0.0507. The highest BCUT2D eigenvalue weighted by Gasteiger charge is 2.17. The Kier molecular flexibility index (Phi) is 3.24. The predicted octanol–water partition coefficient (Wildman–Crippen LogP) is 2.60. The first-order valence-electron chi connectivity index (χ1n) is 4.21. The zero-order valence-corrected chi connectivity index (χ0v) is 8.25. The molecule has 0 atom stereocenters. The number of halogens is 2. The molecule has 0 aliphatic rings. The van der Waals surface area contributed by atoms with Gasteiger partial charge in [-0.25, -0.2) is 4.79 Å². The second-order valence-corrected chi connectivity index (χ2v) is 3.14. The van der Waals surface area contributed by atoms with E-state index in [0.717, 1.165) is 0 Å². The van der Waals surface area contributed by atoms with Crippen LogP contribution in [-0.4, -0.2) is 17.7 Å². The summed E-state index contributed by atoms with van der Waals surface area (Å²) in [5, 5.41) is 8.80. The van der Waals surface area contributed by atoms with Gasteiger partial charge in [-0.15, -0.1) is 0 Å². The number of hydrogen-bond donors (Lipinski definition) is 1. The zero-order valence-electron chi connectivity index (χ0n) is 8.25. The summed E-state index contributed by atoms with van der Waals surface area (Å²) < 4.78 is 28.2. The Morgan fingerprint density at radius 3 is 2.47 bits per heavy atom. The molecule has 0 unspecified atom stereocenters. The van der Waals surface area contributed by atoms with E-state index in [-0.39, 0.29) is 11.3 Å². The van der Waals surface area contributed by atoms with Crippen molar-refractivity contribution in [2.45, 2.75) is 20.5 Å². The molecule has 5 heteroatoms. The fraction of sp³-hybridized carbons (Fsp3) is 0.300. The van der Waals surface area contributed by atoms with Crippen molar-refractivity contribution < 1.29 is 23.4 Å². The molecule has 1 rings (SSSR count). The molecule has 1 aromatic rings. The monoisotopic (exact) mass is 216 g/mol. The van der Waals surface area contributed by atoms with E-state index in [2.05, 4.69) is 4.74 Å². The van der Waals surface area contributed by atoms with Crippen molar-refractivity contribution in [2.75, 3.05) is 0 Å². The minimum absolute atomic E-state index is 0.243. The molecule has 0 fully saturated rings. The van der Waals surface area contributed by atoms with Crippen LogP contribution in [0.5, 0.6) is 5.75 Å². The van der Waals surface area contributed by atoms with Gasteiger partial charge in [-0.2, -0.15) is 8.78 Å². The molecule has 3 nitrogen and oxygen atoms in total. The third kappa shape index (κ3) is 2.65. The summed E-state index contributed by atoms with van der Waals surface area (Å²) in [4.78, 5) is 10.8. The molecule has 0 radical (unpaired) electrons. The Hall–Kier alpha value is -1.65. The topological polar surface area (TPSA) is 46.5 Å². The number of hydrogen-bond acceptors (Lipinski definition) is 2. The maximum Gasteiger partial charge on any atom is 0.387 e. The number of rotatable bonds is 3. The number of aromatic carboxylic acids is 1. The van der Waals surface area contributed by atoms with Gasteiger partial charge in [0.25, 0.3) is 0 Å². The van der Waals surface area contributed by atoms with Gasteiger partial charge in [0.15, 0.2) is 0 Å². The molecule has 0 amide bonds. The molecule has 0 aliphatic heterocycles. The van der Waals surface area contributed by atoms with Crippen LogP contribution in [0.1, 0.15) is 21.5 Å². The molecule has 1 N–H and O–H groups in total. The van der Waals surface area contributed by atoms with E-state index >= 15 is 0 Å². The first-order valence-corrected chi connectivity index (χ1v) is 4.21. The third-order valence-corrected chi connectivity index (χ3v) is 1.86. The Morgan fingerprint density at radius 2 is 2.00 bits per heavy atom. The smallest absolute Gasteiger partial charge is 0.387 e. The fourth-order valence-corrected chi connectivity index (χ4v) is 1.36. The van der Waals surface area contributed by atoms with Crippen molar-refractivity contribution >= 4 is 5.97 Å². The Morgan fingerprint density at radius 1 is 1.40 bits per heavy atom. The maximum atomic E-state index is 12.0. The van der Waals surface area contributed by atoms with Crippen LogP contribution in [0.3, 0.4) is 0 Å². The largest absolute Gasteiger partial charge is 0.478 e. The number of aryl methyl sites for hydroxylation is 2. The number of alkyl halides is 2. The van der Waals surface area contributed by atoms with Crippen molar-refractivity contribution in [3.8, 4) is 5.75 Å². The van der Waals surface area contributed by atoms with Crippen LogP contribution < -0.4 is 4.74 Å². The maximum absolute atomic E-state index is 12.0. The second kappa shape index (κ2) is 4.25. The predicted molar refractivity (Wildman–Crippen MR) is 49.5 cm³/mol. The Labute approximate surface area is 85.3 Å². The van der Waals surface area contributed by atoms with Crippen molar-refractivity contribution in [3.05, 3.63) is 28.8 Å². The normalized spacial score (nSPS) is 10.5. The zero-order chi connectivity index (χ0) is 11.6. The van der Waals surface area contributed by atoms with E-state index in [1.54, 1.807) is 13.0 Å². The molecule has 0 bridgehead atoms. The van der Waals surface area contributed by atoms with Crippen molar-refractivity contribution in [3.63, 3.8) is 0 Å². The second-order valence-electron chi connectivity index (χ2n) is 3.14. The summed E-state index contributed by atoms with van der Waals surface area (Å²) in [6, 6.07) is 2.89. The van der Waals surface area contributed by atoms with Crippen LogP contribution in [0.25, 0.3) is 0 Å². The van der Waals surface area contributed by atoms with E-state index in [1.165, 1.54) is 13.0 Å². The van der Waals surface area contributed by atoms with Gasteiger partial charge >= 0.3 is 12.6 Å². The average Bonchev–Trinajstić information content (AvgIpc) is 2.08. The van der Waals surface area contributed by atoms with Crippen LogP contribution in [0.4, 0.5) is 8.78 Å². The van der Waals surface area contributed by atoms with Crippen LogP contribution in [-0.2, 0) is 0 Å². The number of carboxylic acid groups (broad SMARTS) is 1. The molecule has 82 valence electrons. The molecule has 0 saturated carbocycles. The summed E-state index contributed by atoms with van der Waals surface area (Å²) in [6.45, 7) is 0.187. The molecule has 0 spiro atoms. The van der Waals surface area contributed by atoms with Gasteiger partial charge in [0.05, 0.1) is 0 Å².